The first-order valence-corrected chi connectivity index (χ1v) is 11.9. The molecule has 1 saturated heterocycles. The molecular formula is C24H29N5O2S. The Kier molecular flexibility index (Phi) is 7.44. The van der Waals surface area contributed by atoms with E-state index in [0.29, 0.717) is 22.9 Å². The van der Waals surface area contributed by atoms with Gasteiger partial charge in [-0.1, -0.05) is 29.1 Å². The van der Waals surface area contributed by atoms with Crippen LogP contribution in [0, 0.1) is 13.8 Å². The first-order chi connectivity index (χ1) is 15.6. The summed E-state index contributed by atoms with van der Waals surface area (Å²) in [6.45, 7) is 9.45. The SMILES string of the molecule is Cc1cccc(N2CCN(CCNC(=O)c3cccnc3SCc3cc(C)on3)CC2)c1. The predicted octanol–water partition coefficient (Wildman–Crippen LogP) is 3.53. The molecule has 1 fully saturated rings. The van der Waals surface area contributed by atoms with Crippen molar-refractivity contribution in [1.29, 1.82) is 0 Å². The number of aromatic nitrogens is 2. The minimum Gasteiger partial charge on any atom is -0.369 e. The van der Waals surface area contributed by atoms with Crippen molar-refractivity contribution in [2.75, 3.05) is 44.2 Å². The van der Waals surface area contributed by atoms with E-state index in [1.165, 1.54) is 23.0 Å². The molecule has 0 atom stereocenters. The van der Waals surface area contributed by atoms with E-state index in [1.54, 1.807) is 12.3 Å². The highest BCUT2D eigenvalue weighted by Crippen LogP contribution is 2.24. The normalized spacial score (nSPS) is 14.5. The van der Waals surface area contributed by atoms with Crippen LogP contribution >= 0.6 is 11.8 Å². The molecule has 1 N–H and O–H groups in total. The molecule has 3 heterocycles. The summed E-state index contributed by atoms with van der Waals surface area (Å²) in [5.74, 6) is 1.30. The highest BCUT2D eigenvalue weighted by molar-refractivity contribution is 7.98. The molecule has 1 amide bonds. The quantitative estimate of drug-likeness (QED) is 0.525. The summed E-state index contributed by atoms with van der Waals surface area (Å²) in [5.41, 5.74) is 4.02. The second kappa shape index (κ2) is 10.7. The summed E-state index contributed by atoms with van der Waals surface area (Å²) in [6, 6.07) is 14.2. The van der Waals surface area contributed by atoms with Crippen molar-refractivity contribution < 1.29 is 9.32 Å². The van der Waals surface area contributed by atoms with Crippen LogP contribution in [0.1, 0.15) is 27.4 Å². The summed E-state index contributed by atoms with van der Waals surface area (Å²) in [6.07, 6.45) is 1.71. The zero-order chi connectivity index (χ0) is 22.3. The van der Waals surface area contributed by atoms with Crippen molar-refractivity contribution in [3.63, 3.8) is 0 Å². The lowest BCUT2D eigenvalue weighted by atomic mass is 10.2. The van der Waals surface area contributed by atoms with E-state index in [0.717, 1.165) is 44.2 Å². The molecule has 0 spiro atoms. The van der Waals surface area contributed by atoms with Crippen molar-refractivity contribution in [2.24, 2.45) is 0 Å². The molecule has 0 radical (unpaired) electrons. The second-order valence-corrected chi connectivity index (χ2v) is 8.96. The number of hydrogen-bond acceptors (Lipinski definition) is 7. The largest absolute Gasteiger partial charge is 0.369 e. The Labute approximate surface area is 193 Å². The van der Waals surface area contributed by atoms with Crippen molar-refractivity contribution in [1.82, 2.24) is 20.4 Å². The van der Waals surface area contributed by atoms with Gasteiger partial charge < -0.3 is 14.7 Å². The fourth-order valence-corrected chi connectivity index (χ4v) is 4.66. The maximum absolute atomic E-state index is 12.8. The van der Waals surface area contributed by atoms with Gasteiger partial charge in [0.1, 0.15) is 10.8 Å². The standard InChI is InChI=1S/C24H29N5O2S/c1-18-5-3-6-21(15-18)29-13-11-28(12-14-29)10-9-25-23(30)22-7-4-8-26-24(22)32-17-20-16-19(2)31-27-20/h3-8,15-16H,9-14,17H2,1-2H3,(H,25,30). The van der Waals surface area contributed by atoms with Crippen LogP contribution in [-0.2, 0) is 5.75 Å². The van der Waals surface area contributed by atoms with Gasteiger partial charge >= 0.3 is 0 Å². The Morgan fingerprint density at radius 2 is 1.97 bits per heavy atom. The van der Waals surface area contributed by atoms with Crippen LogP contribution in [-0.4, -0.2) is 60.2 Å². The Morgan fingerprint density at radius 3 is 2.72 bits per heavy atom. The molecule has 4 rings (SSSR count). The number of nitrogens with one attached hydrogen (secondary N) is 1. The third kappa shape index (κ3) is 5.89. The van der Waals surface area contributed by atoms with Crippen LogP contribution in [0.3, 0.4) is 0 Å². The number of anilines is 1. The van der Waals surface area contributed by atoms with Crippen LogP contribution in [0.2, 0.25) is 0 Å². The van der Waals surface area contributed by atoms with Gasteiger partial charge in [-0.15, -0.1) is 0 Å². The molecular weight excluding hydrogens is 422 g/mol. The van der Waals surface area contributed by atoms with Crippen molar-refractivity contribution >= 4 is 23.4 Å². The summed E-state index contributed by atoms with van der Waals surface area (Å²) in [7, 11) is 0. The molecule has 32 heavy (non-hydrogen) atoms. The zero-order valence-electron chi connectivity index (χ0n) is 18.6. The summed E-state index contributed by atoms with van der Waals surface area (Å²) in [4.78, 5) is 22.0. The number of carbonyl (C=O) groups is 1. The zero-order valence-corrected chi connectivity index (χ0v) is 19.4. The molecule has 7 nitrogen and oxygen atoms in total. The average Bonchev–Trinajstić information content (AvgIpc) is 3.23. The molecule has 2 aromatic heterocycles. The fourth-order valence-electron chi connectivity index (χ4n) is 3.78. The Bertz CT molecular complexity index is 1050. The molecule has 168 valence electrons. The number of pyridine rings is 1. The van der Waals surface area contributed by atoms with Gasteiger partial charge in [0.05, 0.1) is 11.3 Å². The molecule has 0 saturated carbocycles. The molecule has 8 heteroatoms. The summed E-state index contributed by atoms with van der Waals surface area (Å²) in [5, 5.41) is 7.77. The molecule has 1 aliphatic rings. The lowest BCUT2D eigenvalue weighted by molar-refractivity contribution is 0.0944. The maximum Gasteiger partial charge on any atom is 0.254 e. The molecule has 1 aromatic carbocycles. The highest BCUT2D eigenvalue weighted by Gasteiger charge is 2.18. The smallest absolute Gasteiger partial charge is 0.254 e. The topological polar surface area (TPSA) is 74.5 Å². The lowest BCUT2D eigenvalue weighted by Crippen LogP contribution is -2.48. The third-order valence-corrected chi connectivity index (χ3v) is 6.54. The first kappa shape index (κ1) is 22.4. The maximum atomic E-state index is 12.8. The minimum atomic E-state index is -0.0877. The number of benzene rings is 1. The first-order valence-electron chi connectivity index (χ1n) is 10.9. The molecule has 3 aromatic rings. The van der Waals surface area contributed by atoms with Gasteiger partial charge in [-0.25, -0.2) is 4.98 Å². The van der Waals surface area contributed by atoms with Gasteiger partial charge in [-0.3, -0.25) is 9.69 Å². The molecule has 0 unspecified atom stereocenters. The second-order valence-electron chi connectivity index (χ2n) is 8.00. The number of thioether (sulfide) groups is 1. The Morgan fingerprint density at radius 1 is 1.12 bits per heavy atom. The Balaban J connectivity index is 1.23. The van der Waals surface area contributed by atoms with Crippen LogP contribution in [0.4, 0.5) is 5.69 Å². The van der Waals surface area contributed by atoms with E-state index in [1.807, 2.05) is 19.1 Å². The van der Waals surface area contributed by atoms with E-state index in [-0.39, 0.29) is 5.91 Å². The van der Waals surface area contributed by atoms with Crippen molar-refractivity contribution in [3.05, 3.63) is 71.2 Å². The monoisotopic (exact) mass is 451 g/mol. The van der Waals surface area contributed by atoms with E-state index in [4.69, 9.17) is 4.52 Å². The van der Waals surface area contributed by atoms with E-state index in [2.05, 4.69) is 56.4 Å². The molecule has 0 aliphatic carbocycles. The van der Waals surface area contributed by atoms with Crippen LogP contribution in [0.15, 0.2) is 58.2 Å². The van der Waals surface area contributed by atoms with E-state index >= 15 is 0 Å². The fraction of sp³-hybridized carbons (Fsp3) is 0.375. The number of hydrogen-bond donors (Lipinski definition) is 1. The van der Waals surface area contributed by atoms with E-state index in [9.17, 15) is 4.79 Å². The number of piperazine rings is 1. The van der Waals surface area contributed by atoms with Crippen LogP contribution in [0.5, 0.6) is 0 Å². The number of nitrogens with zero attached hydrogens (tertiary/aromatic N) is 4. The van der Waals surface area contributed by atoms with Gasteiger partial charge in [-0.05, 0) is 43.7 Å². The number of rotatable bonds is 8. The van der Waals surface area contributed by atoms with Gasteiger partial charge in [0.2, 0.25) is 0 Å². The third-order valence-electron chi connectivity index (χ3n) is 5.50. The van der Waals surface area contributed by atoms with Crippen LogP contribution in [0.25, 0.3) is 0 Å². The van der Waals surface area contributed by atoms with E-state index < -0.39 is 0 Å². The Hall–Kier alpha value is -2.84. The predicted molar refractivity (Wildman–Crippen MR) is 127 cm³/mol. The number of carbonyl (C=O) groups excluding carboxylic acids is 1. The molecule has 1 aliphatic heterocycles. The summed E-state index contributed by atoms with van der Waals surface area (Å²) < 4.78 is 5.11. The number of aryl methyl sites for hydroxylation is 2. The van der Waals surface area contributed by atoms with Gasteiger partial charge in [0, 0.05) is 63.0 Å². The van der Waals surface area contributed by atoms with Gasteiger partial charge in [-0.2, -0.15) is 0 Å². The highest BCUT2D eigenvalue weighted by atomic mass is 32.2. The van der Waals surface area contributed by atoms with Crippen molar-refractivity contribution in [3.8, 4) is 0 Å². The van der Waals surface area contributed by atoms with Crippen LogP contribution < -0.4 is 10.2 Å². The summed E-state index contributed by atoms with van der Waals surface area (Å²) >= 11 is 1.49. The van der Waals surface area contributed by atoms with Gasteiger partial charge in [0.15, 0.2) is 0 Å². The lowest BCUT2D eigenvalue weighted by Gasteiger charge is -2.36. The van der Waals surface area contributed by atoms with Gasteiger partial charge in [0.25, 0.3) is 5.91 Å². The average molecular weight is 452 g/mol. The molecule has 0 bridgehead atoms. The van der Waals surface area contributed by atoms with Crippen molar-refractivity contribution in [2.45, 2.75) is 24.6 Å². The number of amides is 1. The minimum absolute atomic E-state index is 0.0877.